The molecular weight excluding hydrogens is 318 g/mol. The number of ether oxygens (including phenoxy) is 2. The Hall–Kier alpha value is -2.04. The van der Waals surface area contributed by atoms with E-state index in [1.807, 2.05) is 37.3 Å². The van der Waals surface area contributed by atoms with Crippen LogP contribution in [0.4, 0.5) is 4.79 Å². The monoisotopic (exact) mass is 347 g/mol. The van der Waals surface area contributed by atoms with Crippen molar-refractivity contribution in [3.05, 3.63) is 35.9 Å². The van der Waals surface area contributed by atoms with Crippen molar-refractivity contribution in [2.45, 2.75) is 64.5 Å². The molecule has 5 nitrogen and oxygen atoms in total. The molecule has 1 amide bonds. The zero-order valence-electron chi connectivity index (χ0n) is 15.5. The average Bonchev–Trinajstić information content (AvgIpc) is 2.62. The number of carbonyl (C=O) groups is 2. The van der Waals surface area contributed by atoms with E-state index in [-0.39, 0.29) is 18.1 Å². The van der Waals surface area contributed by atoms with Crippen LogP contribution in [0.5, 0.6) is 0 Å². The molecule has 1 aliphatic rings. The van der Waals surface area contributed by atoms with Gasteiger partial charge in [-0.1, -0.05) is 43.7 Å². The van der Waals surface area contributed by atoms with Gasteiger partial charge in [-0.25, -0.2) is 4.79 Å². The molecule has 0 aromatic heterocycles. The number of hydrogen-bond donors (Lipinski definition) is 1. The minimum atomic E-state index is -0.410. The van der Waals surface area contributed by atoms with Crippen LogP contribution >= 0.6 is 0 Å². The molecule has 0 aliphatic heterocycles. The van der Waals surface area contributed by atoms with E-state index in [0.29, 0.717) is 0 Å². The van der Waals surface area contributed by atoms with Crippen molar-refractivity contribution in [3.8, 4) is 0 Å². The Kier molecular flexibility index (Phi) is 6.45. The molecule has 1 aromatic rings. The minimum Gasteiger partial charge on any atom is -0.469 e. The van der Waals surface area contributed by atoms with E-state index in [9.17, 15) is 9.59 Å². The molecule has 0 bridgehead atoms. The van der Waals surface area contributed by atoms with Crippen molar-refractivity contribution in [2.24, 2.45) is 5.41 Å². The summed E-state index contributed by atoms with van der Waals surface area (Å²) in [6.45, 7) is 4.35. The first-order valence-electron chi connectivity index (χ1n) is 9.00. The number of hydrogen-bond acceptors (Lipinski definition) is 4. The number of methoxy groups -OCH3 is 1. The Morgan fingerprint density at radius 3 is 2.32 bits per heavy atom. The topological polar surface area (TPSA) is 64.6 Å². The smallest absolute Gasteiger partial charge is 0.407 e. The largest absolute Gasteiger partial charge is 0.469 e. The first kappa shape index (κ1) is 19.3. The molecule has 0 unspecified atom stereocenters. The van der Waals surface area contributed by atoms with Crippen LogP contribution in [0, 0.1) is 5.41 Å². The van der Waals surface area contributed by atoms with Crippen LogP contribution in [-0.4, -0.2) is 24.7 Å². The standard InChI is InChI=1S/C20H29NO4/c1-4-10-20(17(22)24-3)13-11-19(2,12-14-20)21-18(23)25-15-16-8-6-5-7-9-16/h5-9H,4,10-15H2,1-3H3,(H,21,23). The van der Waals surface area contributed by atoms with E-state index in [0.717, 1.165) is 44.1 Å². The van der Waals surface area contributed by atoms with Crippen LogP contribution in [0.25, 0.3) is 0 Å². The van der Waals surface area contributed by atoms with E-state index < -0.39 is 11.5 Å². The molecule has 1 N–H and O–H groups in total. The molecule has 2 rings (SSSR count). The molecule has 5 heteroatoms. The number of carbonyl (C=O) groups excluding carboxylic acids is 2. The van der Waals surface area contributed by atoms with Gasteiger partial charge >= 0.3 is 12.1 Å². The summed E-state index contributed by atoms with van der Waals surface area (Å²) in [5.41, 5.74) is 0.205. The van der Waals surface area contributed by atoms with Gasteiger partial charge in [0.05, 0.1) is 12.5 Å². The molecule has 1 aromatic carbocycles. The van der Waals surface area contributed by atoms with Crippen LogP contribution in [0.1, 0.15) is 57.9 Å². The summed E-state index contributed by atoms with van der Waals surface area (Å²) in [4.78, 5) is 24.4. The summed E-state index contributed by atoms with van der Waals surface area (Å²) in [6.07, 6.45) is 4.29. The zero-order chi connectivity index (χ0) is 18.3. The van der Waals surface area contributed by atoms with Gasteiger partial charge in [0, 0.05) is 5.54 Å². The third-order valence-electron chi connectivity index (χ3n) is 5.27. The van der Waals surface area contributed by atoms with Crippen molar-refractivity contribution >= 4 is 12.1 Å². The summed E-state index contributed by atoms with van der Waals surface area (Å²) in [5, 5.41) is 2.99. The molecule has 1 saturated carbocycles. The summed E-state index contributed by atoms with van der Waals surface area (Å²) in [6, 6.07) is 9.60. The third kappa shape index (κ3) is 4.97. The maximum atomic E-state index is 12.2. The minimum absolute atomic E-state index is 0.122. The maximum Gasteiger partial charge on any atom is 0.407 e. The second-order valence-corrected chi connectivity index (χ2v) is 7.27. The van der Waals surface area contributed by atoms with Gasteiger partial charge in [0.2, 0.25) is 0 Å². The fourth-order valence-electron chi connectivity index (χ4n) is 3.66. The summed E-state index contributed by atoms with van der Waals surface area (Å²) < 4.78 is 10.4. The van der Waals surface area contributed by atoms with Crippen molar-refractivity contribution < 1.29 is 19.1 Å². The van der Waals surface area contributed by atoms with Crippen LogP contribution in [-0.2, 0) is 20.9 Å². The van der Waals surface area contributed by atoms with Gasteiger partial charge in [-0.15, -0.1) is 0 Å². The Balaban J connectivity index is 1.88. The van der Waals surface area contributed by atoms with E-state index in [1.165, 1.54) is 7.11 Å². The molecule has 25 heavy (non-hydrogen) atoms. The lowest BCUT2D eigenvalue weighted by Gasteiger charge is -2.43. The summed E-state index contributed by atoms with van der Waals surface area (Å²) >= 11 is 0. The lowest BCUT2D eigenvalue weighted by molar-refractivity contribution is -0.156. The number of nitrogens with one attached hydrogen (secondary N) is 1. The first-order valence-corrected chi connectivity index (χ1v) is 9.00. The van der Waals surface area contributed by atoms with Gasteiger partial charge in [0.15, 0.2) is 0 Å². The first-order chi connectivity index (χ1) is 11.9. The Morgan fingerprint density at radius 1 is 1.12 bits per heavy atom. The molecule has 1 aliphatic carbocycles. The van der Waals surface area contributed by atoms with Crippen LogP contribution in [0.2, 0.25) is 0 Å². The zero-order valence-corrected chi connectivity index (χ0v) is 15.5. The molecule has 1 fully saturated rings. The van der Waals surface area contributed by atoms with Gasteiger partial charge in [0.1, 0.15) is 6.61 Å². The molecule has 0 radical (unpaired) electrons. The SMILES string of the molecule is CCCC1(C(=O)OC)CCC(C)(NC(=O)OCc2ccccc2)CC1. The van der Waals surface area contributed by atoms with E-state index in [2.05, 4.69) is 12.2 Å². The lowest BCUT2D eigenvalue weighted by atomic mass is 9.66. The molecule has 0 atom stereocenters. The van der Waals surface area contributed by atoms with Crippen molar-refractivity contribution in [1.82, 2.24) is 5.32 Å². The highest BCUT2D eigenvalue weighted by Gasteiger charge is 2.46. The highest BCUT2D eigenvalue weighted by molar-refractivity contribution is 5.77. The number of rotatable bonds is 6. The van der Waals surface area contributed by atoms with E-state index in [4.69, 9.17) is 9.47 Å². The van der Waals surface area contributed by atoms with Crippen LogP contribution in [0.3, 0.4) is 0 Å². The highest BCUT2D eigenvalue weighted by atomic mass is 16.5. The quantitative estimate of drug-likeness (QED) is 0.783. The molecule has 0 spiro atoms. The van der Waals surface area contributed by atoms with Gasteiger partial charge in [-0.2, -0.15) is 0 Å². The number of esters is 1. The summed E-state index contributed by atoms with van der Waals surface area (Å²) in [7, 11) is 1.45. The molecule has 0 heterocycles. The Labute approximate surface area is 150 Å². The number of amides is 1. The molecule has 138 valence electrons. The van der Waals surface area contributed by atoms with Crippen LogP contribution < -0.4 is 5.32 Å². The van der Waals surface area contributed by atoms with Gasteiger partial charge in [-0.05, 0) is 44.6 Å². The Bertz CT molecular complexity index is 577. The number of benzene rings is 1. The maximum absolute atomic E-state index is 12.2. The van der Waals surface area contributed by atoms with E-state index >= 15 is 0 Å². The third-order valence-corrected chi connectivity index (χ3v) is 5.27. The second-order valence-electron chi connectivity index (χ2n) is 7.27. The predicted molar refractivity (Wildman–Crippen MR) is 96.0 cm³/mol. The van der Waals surface area contributed by atoms with E-state index in [1.54, 1.807) is 0 Å². The number of alkyl carbamates (subject to hydrolysis) is 1. The fourth-order valence-corrected chi connectivity index (χ4v) is 3.66. The van der Waals surface area contributed by atoms with Gasteiger partial charge in [0.25, 0.3) is 0 Å². The Morgan fingerprint density at radius 2 is 1.76 bits per heavy atom. The highest BCUT2D eigenvalue weighted by Crippen LogP contribution is 2.44. The van der Waals surface area contributed by atoms with Gasteiger partial charge < -0.3 is 14.8 Å². The summed E-state index contributed by atoms with van der Waals surface area (Å²) in [5.74, 6) is -0.122. The van der Waals surface area contributed by atoms with Crippen molar-refractivity contribution in [2.75, 3.05) is 7.11 Å². The van der Waals surface area contributed by atoms with Gasteiger partial charge in [-0.3, -0.25) is 4.79 Å². The van der Waals surface area contributed by atoms with Crippen LogP contribution in [0.15, 0.2) is 30.3 Å². The predicted octanol–water partition coefficient (Wildman–Crippen LogP) is 4.21. The van der Waals surface area contributed by atoms with Crippen molar-refractivity contribution in [3.63, 3.8) is 0 Å². The molecule has 0 saturated heterocycles. The normalized spacial score (nSPS) is 25.9. The fraction of sp³-hybridized carbons (Fsp3) is 0.600. The molecular formula is C20H29NO4. The average molecular weight is 347 g/mol. The second kappa shape index (κ2) is 8.37. The lowest BCUT2D eigenvalue weighted by Crippen LogP contribution is -2.51. The van der Waals surface area contributed by atoms with Crippen molar-refractivity contribution in [1.29, 1.82) is 0 Å².